The van der Waals surface area contributed by atoms with E-state index in [4.69, 9.17) is 5.11 Å². The van der Waals surface area contributed by atoms with Crippen LogP contribution in [0, 0.1) is 6.92 Å². The predicted molar refractivity (Wildman–Crippen MR) is 84.1 cm³/mol. The minimum absolute atomic E-state index is 0.144. The molecule has 1 aliphatic heterocycles. The number of halogens is 2. The zero-order valence-corrected chi connectivity index (χ0v) is 13.1. The molecule has 0 bridgehead atoms. The van der Waals surface area contributed by atoms with E-state index in [1.165, 1.54) is 0 Å². The minimum Gasteiger partial charge on any atom is -0.395 e. The van der Waals surface area contributed by atoms with Gasteiger partial charge >= 0.3 is 6.03 Å². The SMILES string of the molecule is Cc1nc(N2CCCC2)ccc1NC(=O)N(CCO)CC(F)F. The van der Waals surface area contributed by atoms with Gasteiger partial charge in [0.15, 0.2) is 0 Å². The molecule has 1 aromatic heterocycles. The van der Waals surface area contributed by atoms with E-state index in [-0.39, 0.29) is 13.2 Å². The summed E-state index contributed by atoms with van der Waals surface area (Å²) >= 11 is 0. The lowest BCUT2D eigenvalue weighted by atomic mass is 10.3. The smallest absolute Gasteiger partial charge is 0.322 e. The van der Waals surface area contributed by atoms with Crippen LogP contribution in [-0.4, -0.2) is 60.2 Å². The van der Waals surface area contributed by atoms with Gasteiger partial charge in [-0.1, -0.05) is 0 Å². The first kappa shape index (κ1) is 17.4. The van der Waals surface area contributed by atoms with E-state index in [1.54, 1.807) is 13.0 Å². The van der Waals surface area contributed by atoms with Crippen LogP contribution in [-0.2, 0) is 0 Å². The highest BCUT2D eigenvalue weighted by Crippen LogP contribution is 2.22. The molecule has 23 heavy (non-hydrogen) atoms. The minimum atomic E-state index is -2.65. The first-order chi connectivity index (χ1) is 11.0. The molecule has 0 unspecified atom stereocenters. The Morgan fingerprint density at radius 3 is 2.70 bits per heavy atom. The lowest BCUT2D eigenvalue weighted by Gasteiger charge is -2.23. The maximum absolute atomic E-state index is 12.5. The number of nitrogens with one attached hydrogen (secondary N) is 1. The fraction of sp³-hybridized carbons (Fsp3) is 0.600. The number of carbonyl (C=O) groups is 1. The number of hydrogen-bond donors (Lipinski definition) is 2. The van der Waals surface area contributed by atoms with Gasteiger partial charge in [0.05, 0.1) is 24.5 Å². The number of aryl methyl sites for hydroxylation is 1. The number of hydrogen-bond acceptors (Lipinski definition) is 4. The summed E-state index contributed by atoms with van der Waals surface area (Å²) in [6.07, 6.45) is -0.365. The molecule has 128 valence electrons. The third kappa shape index (κ3) is 4.75. The van der Waals surface area contributed by atoms with E-state index >= 15 is 0 Å². The molecule has 1 saturated heterocycles. The molecule has 1 aromatic rings. The van der Waals surface area contributed by atoms with E-state index in [1.807, 2.05) is 6.07 Å². The molecule has 0 spiro atoms. The van der Waals surface area contributed by atoms with Crippen molar-refractivity contribution in [3.05, 3.63) is 17.8 Å². The number of anilines is 2. The standard InChI is InChI=1S/C15H22F2N4O2/c1-11-12(4-5-14(18-11)20-6-2-3-7-20)19-15(23)21(8-9-22)10-13(16)17/h4-5,13,22H,2-3,6-10H2,1H3,(H,19,23). The number of aromatic nitrogens is 1. The molecule has 0 saturated carbocycles. The number of pyridine rings is 1. The third-order valence-electron chi connectivity index (χ3n) is 3.76. The van der Waals surface area contributed by atoms with Crippen LogP contribution in [0.15, 0.2) is 12.1 Å². The summed E-state index contributed by atoms with van der Waals surface area (Å²) in [4.78, 5) is 19.6. The normalized spacial score (nSPS) is 14.4. The number of carbonyl (C=O) groups excluding carboxylic acids is 1. The van der Waals surface area contributed by atoms with Crippen molar-refractivity contribution in [3.63, 3.8) is 0 Å². The molecule has 2 heterocycles. The van der Waals surface area contributed by atoms with E-state index < -0.39 is 19.0 Å². The average molecular weight is 328 g/mol. The maximum atomic E-state index is 12.5. The summed E-state index contributed by atoms with van der Waals surface area (Å²) in [5.41, 5.74) is 1.11. The Bertz CT molecular complexity index is 536. The van der Waals surface area contributed by atoms with Gasteiger partial charge in [-0.05, 0) is 31.9 Å². The molecule has 8 heteroatoms. The van der Waals surface area contributed by atoms with Crippen LogP contribution in [0.5, 0.6) is 0 Å². The summed E-state index contributed by atoms with van der Waals surface area (Å²) in [6, 6.07) is 2.88. The molecule has 0 atom stereocenters. The van der Waals surface area contributed by atoms with Crippen LogP contribution < -0.4 is 10.2 Å². The lowest BCUT2D eigenvalue weighted by molar-refractivity contribution is 0.0943. The quantitative estimate of drug-likeness (QED) is 0.839. The van der Waals surface area contributed by atoms with Gasteiger partial charge in [-0.2, -0.15) is 0 Å². The second-order valence-corrected chi connectivity index (χ2v) is 5.49. The zero-order chi connectivity index (χ0) is 16.8. The van der Waals surface area contributed by atoms with Crippen LogP contribution in [0.4, 0.5) is 25.1 Å². The van der Waals surface area contributed by atoms with Crippen molar-refractivity contribution in [2.45, 2.75) is 26.2 Å². The highest BCUT2D eigenvalue weighted by atomic mass is 19.3. The number of aliphatic hydroxyl groups excluding tert-OH is 1. The zero-order valence-electron chi connectivity index (χ0n) is 13.1. The molecule has 1 fully saturated rings. The van der Waals surface area contributed by atoms with Crippen molar-refractivity contribution in [2.75, 3.05) is 43.0 Å². The number of aliphatic hydroxyl groups is 1. The highest BCUT2D eigenvalue weighted by molar-refractivity contribution is 5.90. The van der Waals surface area contributed by atoms with Gasteiger partial charge in [-0.3, -0.25) is 0 Å². The van der Waals surface area contributed by atoms with Crippen LogP contribution in [0.1, 0.15) is 18.5 Å². The summed E-state index contributed by atoms with van der Waals surface area (Å²) in [6.45, 7) is 2.47. The van der Waals surface area contributed by atoms with Crippen LogP contribution in [0.2, 0.25) is 0 Å². The van der Waals surface area contributed by atoms with Gasteiger partial charge in [-0.25, -0.2) is 18.6 Å². The highest BCUT2D eigenvalue weighted by Gasteiger charge is 2.19. The number of nitrogens with zero attached hydrogens (tertiary/aromatic N) is 3. The fourth-order valence-electron chi connectivity index (χ4n) is 2.56. The predicted octanol–water partition coefficient (Wildman–Crippen LogP) is 2.08. The Morgan fingerprint density at radius 1 is 1.43 bits per heavy atom. The molecule has 0 aliphatic carbocycles. The largest absolute Gasteiger partial charge is 0.395 e. The molecule has 2 rings (SSSR count). The van der Waals surface area contributed by atoms with Crippen LogP contribution >= 0.6 is 0 Å². The van der Waals surface area contributed by atoms with E-state index in [2.05, 4.69) is 15.2 Å². The maximum Gasteiger partial charge on any atom is 0.322 e. The van der Waals surface area contributed by atoms with Gasteiger partial charge in [0.25, 0.3) is 6.43 Å². The lowest BCUT2D eigenvalue weighted by Crippen LogP contribution is -2.40. The number of amides is 2. The summed E-state index contributed by atoms with van der Waals surface area (Å²) in [5, 5.41) is 11.5. The van der Waals surface area contributed by atoms with E-state index in [0.717, 1.165) is 36.6 Å². The van der Waals surface area contributed by atoms with Crippen molar-refractivity contribution < 1.29 is 18.7 Å². The first-order valence-corrected chi connectivity index (χ1v) is 7.69. The van der Waals surface area contributed by atoms with Crippen molar-refractivity contribution >= 4 is 17.5 Å². The van der Waals surface area contributed by atoms with Gasteiger partial charge in [0.2, 0.25) is 0 Å². The Morgan fingerprint density at radius 2 is 2.13 bits per heavy atom. The van der Waals surface area contributed by atoms with Crippen molar-refractivity contribution in [3.8, 4) is 0 Å². The average Bonchev–Trinajstić information content (AvgIpc) is 3.02. The van der Waals surface area contributed by atoms with Crippen molar-refractivity contribution in [2.24, 2.45) is 0 Å². The third-order valence-corrected chi connectivity index (χ3v) is 3.76. The Kier molecular flexibility index (Phi) is 6.09. The fourth-order valence-corrected chi connectivity index (χ4v) is 2.56. The molecule has 2 N–H and O–H groups in total. The first-order valence-electron chi connectivity index (χ1n) is 7.69. The topological polar surface area (TPSA) is 68.7 Å². The Labute approximate surface area is 134 Å². The monoisotopic (exact) mass is 328 g/mol. The molecular formula is C15H22F2N4O2. The molecule has 6 nitrogen and oxygen atoms in total. The number of urea groups is 1. The van der Waals surface area contributed by atoms with E-state index in [9.17, 15) is 13.6 Å². The van der Waals surface area contributed by atoms with Gasteiger partial charge in [-0.15, -0.1) is 0 Å². The molecule has 1 aliphatic rings. The molecule has 0 radical (unpaired) electrons. The van der Waals surface area contributed by atoms with E-state index in [0.29, 0.717) is 11.4 Å². The summed E-state index contributed by atoms with van der Waals surface area (Å²) in [7, 11) is 0. The summed E-state index contributed by atoms with van der Waals surface area (Å²) in [5.74, 6) is 0.859. The number of rotatable bonds is 6. The molecule has 0 aromatic carbocycles. The van der Waals surface area contributed by atoms with Gasteiger partial charge in [0, 0.05) is 19.6 Å². The second-order valence-electron chi connectivity index (χ2n) is 5.49. The molecule has 2 amide bonds. The van der Waals surface area contributed by atoms with Gasteiger partial charge in [0.1, 0.15) is 5.82 Å². The Balaban J connectivity index is 2.04. The summed E-state index contributed by atoms with van der Waals surface area (Å²) < 4.78 is 25.0. The van der Waals surface area contributed by atoms with Crippen LogP contribution in [0.3, 0.4) is 0 Å². The number of alkyl halides is 2. The van der Waals surface area contributed by atoms with Crippen LogP contribution in [0.25, 0.3) is 0 Å². The Hall–Kier alpha value is -1.96. The van der Waals surface area contributed by atoms with Crippen molar-refractivity contribution in [1.29, 1.82) is 0 Å². The van der Waals surface area contributed by atoms with Crippen molar-refractivity contribution in [1.82, 2.24) is 9.88 Å². The second kappa shape index (κ2) is 8.05. The van der Waals surface area contributed by atoms with Gasteiger partial charge < -0.3 is 20.2 Å². The molecular weight excluding hydrogens is 306 g/mol.